The normalized spacial score (nSPS) is 19.0. The molecule has 3 nitrogen and oxygen atoms in total. The Kier molecular flexibility index (Phi) is 4.14. The minimum absolute atomic E-state index is 0.00256. The lowest BCUT2D eigenvalue weighted by molar-refractivity contribution is -0.138. The van der Waals surface area contributed by atoms with Gasteiger partial charge in [0.2, 0.25) is 5.91 Å². The summed E-state index contributed by atoms with van der Waals surface area (Å²) in [6.07, 6.45) is 0.497. The number of morpholine rings is 1. The highest BCUT2D eigenvalue weighted by Gasteiger charge is 2.25. The van der Waals surface area contributed by atoms with E-state index in [1.807, 2.05) is 40.6 Å². The lowest BCUT2D eigenvalue weighted by Gasteiger charge is -2.33. The van der Waals surface area contributed by atoms with Crippen molar-refractivity contribution in [1.82, 2.24) is 4.90 Å². The molecular weight excluding hydrogens is 270 g/mol. The van der Waals surface area contributed by atoms with Crippen molar-refractivity contribution in [3.63, 3.8) is 0 Å². The number of nitrogens with zero attached hydrogens (tertiary/aromatic N) is 1. The van der Waals surface area contributed by atoms with E-state index in [1.54, 1.807) is 11.3 Å². The Morgan fingerprint density at radius 2 is 2.10 bits per heavy atom. The maximum atomic E-state index is 12.3. The van der Waals surface area contributed by atoms with Crippen molar-refractivity contribution < 1.29 is 9.53 Å². The molecule has 2 heterocycles. The molecule has 0 saturated carbocycles. The molecule has 0 spiro atoms. The number of carbonyl (C=O) groups excluding carboxylic acids is 1. The Bertz CT molecular complexity index is 553. The maximum Gasteiger partial charge on any atom is 0.228 e. The Balaban J connectivity index is 1.64. The van der Waals surface area contributed by atoms with Gasteiger partial charge in [0.25, 0.3) is 0 Å². The summed E-state index contributed by atoms with van der Waals surface area (Å²) in [5.74, 6) is 0.191. The van der Waals surface area contributed by atoms with E-state index in [4.69, 9.17) is 4.74 Å². The molecule has 1 aromatic carbocycles. The second kappa shape index (κ2) is 6.20. The molecule has 0 aliphatic carbocycles. The van der Waals surface area contributed by atoms with Gasteiger partial charge < -0.3 is 9.64 Å². The summed E-state index contributed by atoms with van der Waals surface area (Å²) < 4.78 is 5.79. The molecular formula is C16H17NO2S. The molecule has 1 aliphatic rings. The number of hydrogen-bond acceptors (Lipinski definition) is 3. The van der Waals surface area contributed by atoms with Gasteiger partial charge in [0.15, 0.2) is 0 Å². The Labute approximate surface area is 122 Å². The number of benzene rings is 1. The second-order valence-electron chi connectivity index (χ2n) is 4.87. The second-order valence-corrected chi connectivity index (χ2v) is 5.90. The summed E-state index contributed by atoms with van der Waals surface area (Å²) in [6, 6.07) is 14.1. The number of carbonyl (C=O) groups is 1. The highest BCUT2D eigenvalue weighted by atomic mass is 32.1. The van der Waals surface area contributed by atoms with Gasteiger partial charge in [-0.15, -0.1) is 11.3 Å². The van der Waals surface area contributed by atoms with Gasteiger partial charge in [-0.1, -0.05) is 36.4 Å². The Morgan fingerprint density at radius 1 is 1.25 bits per heavy atom. The van der Waals surface area contributed by atoms with Crippen LogP contribution in [0.25, 0.3) is 0 Å². The first kappa shape index (κ1) is 13.3. The van der Waals surface area contributed by atoms with E-state index in [0.29, 0.717) is 26.1 Å². The fourth-order valence-electron chi connectivity index (χ4n) is 2.42. The summed E-state index contributed by atoms with van der Waals surface area (Å²) >= 11 is 1.63. The van der Waals surface area contributed by atoms with E-state index in [9.17, 15) is 4.79 Å². The lowest BCUT2D eigenvalue weighted by Crippen LogP contribution is -2.42. The van der Waals surface area contributed by atoms with Gasteiger partial charge in [-0.05, 0) is 17.0 Å². The van der Waals surface area contributed by atoms with E-state index < -0.39 is 0 Å². The summed E-state index contributed by atoms with van der Waals surface area (Å²) in [5.41, 5.74) is 1.14. The van der Waals surface area contributed by atoms with Crippen molar-refractivity contribution in [3.05, 3.63) is 58.3 Å². The van der Waals surface area contributed by atoms with Gasteiger partial charge in [0.05, 0.1) is 19.6 Å². The first-order valence-corrected chi connectivity index (χ1v) is 7.67. The number of ether oxygens (including phenoxy) is 1. The fraction of sp³-hybridized carbons (Fsp3) is 0.312. The molecule has 1 aromatic heterocycles. The largest absolute Gasteiger partial charge is 0.370 e. The van der Waals surface area contributed by atoms with E-state index >= 15 is 0 Å². The molecule has 1 fully saturated rings. The molecule has 2 aromatic rings. The number of rotatable bonds is 3. The minimum atomic E-state index is -0.00256. The number of amides is 1. The standard InChI is InChI=1S/C16H17NO2S/c18-16(11-14-7-4-10-20-14)17-8-9-19-15(12-17)13-5-2-1-3-6-13/h1-7,10,15H,8-9,11-12H2/t15-/m0/s1. The smallest absolute Gasteiger partial charge is 0.228 e. The number of thiophene rings is 1. The lowest BCUT2D eigenvalue weighted by atomic mass is 10.1. The topological polar surface area (TPSA) is 29.5 Å². The van der Waals surface area contributed by atoms with Gasteiger partial charge >= 0.3 is 0 Å². The zero-order valence-electron chi connectivity index (χ0n) is 11.2. The van der Waals surface area contributed by atoms with Crippen LogP contribution in [0.4, 0.5) is 0 Å². The van der Waals surface area contributed by atoms with Crippen molar-refractivity contribution in [3.8, 4) is 0 Å². The molecule has 0 bridgehead atoms. The first-order chi connectivity index (χ1) is 9.83. The van der Waals surface area contributed by atoms with Crippen LogP contribution in [0, 0.1) is 0 Å². The molecule has 0 N–H and O–H groups in total. The third kappa shape index (κ3) is 3.08. The van der Waals surface area contributed by atoms with Gasteiger partial charge in [0.1, 0.15) is 6.10 Å². The molecule has 4 heteroatoms. The maximum absolute atomic E-state index is 12.3. The SMILES string of the molecule is O=C(Cc1cccs1)N1CCO[C@H](c2ccccc2)C1. The quantitative estimate of drug-likeness (QED) is 0.868. The molecule has 1 amide bonds. The number of hydrogen-bond donors (Lipinski definition) is 0. The van der Waals surface area contributed by atoms with E-state index in [2.05, 4.69) is 12.1 Å². The Hall–Kier alpha value is -1.65. The first-order valence-electron chi connectivity index (χ1n) is 6.79. The molecule has 1 saturated heterocycles. The molecule has 0 unspecified atom stereocenters. The van der Waals surface area contributed by atoms with Crippen molar-refractivity contribution in [2.75, 3.05) is 19.7 Å². The van der Waals surface area contributed by atoms with Crippen LogP contribution in [0.5, 0.6) is 0 Å². The van der Waals surface area contributed by atoms with Crippen molar-refractivity contribution >= 4 is 17.2 Å². The van der Waals surface area contributed by atoms with E-state index in [1.165, 1.54) is 0 Å². The third-order valence-electron chi connectivity index (χ3n) is 3.50. The highest BCUT2D eigenvalue weighted by Crippen LogP contribution is 2.22. The van der Waals surface area contributed by atoms with Crippen molar-refractivity contribution in [2.45, 2.75) is 12.5 Å². The Morgan fingerprint density at radius 3 is 2.85 bits per heavy atom. The van der Waals surface area contributed by atoms with Crippen LogP contribution in [0.15, 0.2) is 47.8 Å². The minimum Gasteiger partial charge on any atom is -0.370 e. The van der Waals surface area contributed by atoms with E-state index in [-0.39, 0.29) is 12.0 Å². The molecule has 0 radical (unpaired) electrons. The molecule has 20 heavy (non-hydrogen) atoms. The van der Waals surface area contributed by atoms with Gasteiger partial charge in [-0.2, -0.15) is 0 Å². The summed E-state index contributed by atoms with van der Waals surface area (Å²) in [7, 11) is 0. The van der Waals surface area contributed by atoms with Crippen molar-refractivity contribution in [2.24, 2.45) is 0 Å². The molecule has 1 atom stereocenters. The third-order valence-corrected chi connectivity index (χ3v) is 4.37. The average molecular weight is 287 g/mol. The predicted molar refractivity (Wildman–Crippen MR) is 79.7 cm³/mol. The van der Waals surface area contributed by atoms with Gasteiger partial charge in [0, 0.05) is 11.4 Å². The summed E-state index contributed by atoms with van der Waals surface area (Å²) in [5, 5.41) is 2.01. The van der Waals surface area contributed by atoms with Gasteiger partial charge in [-0.25, -0.2) is 0 Å². The van der Waals surface area contributed by atoms with Crippen LogP contribution in [0.3, 0.4) is 0 Å². The van der Waals surface area contributed by atoms with Crippen LogP contribution < -0.4 is 0 Å². The van der Waals surface area contributed by atoms with Crippen LogP contribution in [0.2, 0.25) is 0 Å². The summed E-state index contributed by atoms with van der Waals surface area (Å²) in [4.78, 5) is 15.4. The molecule has 3 rings (SSSR count). The van der Waals surface area contributed by atoms with E-state index in [0.717, 1.165) is 10.4 Å². The zero-order chi connectivity index (χ0) is 13.8. The highest BCUT2D eigenvalue weighted by molar-refractivity contribution is 7.10. The average Bonchev–Trinajstić information content (AvgIpc) is 3.01. The zero-order valence-corrected chi connectivity index (χ0v) is 12.0. The van der Waals surface area contributed by atoms with Crippen LogP contribution in [-0.4, -0.2) is 30.5 Å². The van der Waals surface area contributed by atoms with Crippen molar-refractivity contribution in [1.29, 1.82) is 0 Å². The monoisotopic (exact) mass is 287 g/mol. The van der Waals surface area contributed by atoms with Crippen LogP contribution in [-0.2, 0) is 16.0 Å². The fourth-order valence-corrected chi connectivity index (χ4v) is 3.12. The molecule has 104 valence electrons. The molecule has 1 aliphatic heterocycles. The van der Waals surface area contributed by atoms with Crippen LogP contribution >= 0.6 is 11.3 Å². The van der Waals surface area contributed by atoms with Gasteiger partial charge in [-0.3, -0.25) is 4.79 Å². The predicted octanol–water partition coefficient (Wildman–Crippen LogP) is 2.89. The van der Waals surface area contributed by atoms with Crippen LogP contribution in [0.1, 0.15) is 16.5 Å². The summed E-state index contributed by atoms with van der Waals surface area (Å²) in [6.45, 7) is 1.94.